The molecule has 25 nitrogen and oxygen atoms in total. The van der Waals surface area contributed by atoms with Crippen molar-refractivity contribution in [2.45, 2.75) is 268 Å². The minimum absolute atomic E-state index is 0.00395. The van der Waals surface area contributed by atoms with E-state index in [0.717, 1.165) is 27.5 Å². The molecule has 2 saturated heterocycles. The highest BCUT2D eigenvalue weighted by Gasteiger charge is 2.60. The van der Waals surface area contributed by atoms with Gasteiger partial charge in [0.25, 0.3) is 0 Å². The van der Waals surface area contributed by atoms with Gasteiger partial charge in [-0.2, -0.15) is 13.2 Å². The number of hydrogen-bond acceptors (Lipinski definition) is 13. The van der Waals surface area contributed by atoms with Crippen LogP contribution >= 0.6 is 0 Å². The molecule has 108 heavy (non-hydrogen) atoms. The van der Waals surface area contributed by atoms with Gasteiger partial charge in [0.15, 0.2) is 0 Å². The predicted molar refractivity (Wildman–Crippen MR) is 393 cm³/mol. The smallest absolute Gasteiger partial charge is 0.377 e. The van der Waals surface area contributed by atoms with Crippen LogP contribution in [0.5, 0.6) is 0 Å². The van der Waals surface area contributed by atoms with Crippen molar-refractivity contribution in [2.75, 3.05) is 88.7 Å². The van der Waals surface area contributed by atoms with Crippen LogP contribution in [0.1, 0.15) is 190 Å². The third-order valence-electron chi connectivity index (χ3n) is 23.7. The molecule has 0 aromatic heterocycles. The molecule has 3 heterocycles. The lowest BCUT2D eigenvalue weighted by Gasteiger charge is -2.54. The molecule has 3 N–H and O–H groups in total. The molecule has 11 atom stereocenters. The number of nitrogens with one attached hydrogen (secondary N) is 3. The van der Waals surface area contributed by atoms with Crippen molar-refractivity contribution in [3.63, 3.8) is 0 Å². The van der Waals surface area contributed by atoms with Crippen LogP contribution in [-0.4, -0.2) is 282 Å². The number of terminal acetylenes is 1. The van der Waals surface area contributed by atoms with E-state index in [0.29, 0.717) is 50.9 Å². The summed E-state index contributed by atoms with van der Waals surface area (Å²) >= 11 is 0. The average Bonchev–Trinajstić information content (AvgIpc) is 0.949. The molecule has 4 saturated carbocycles. The average molecular weight is 1530 g/mol. The number of carbonyl (C=O) groups excluding carboxylic acids is 12. The molecule has 0 aromatic carbocycles. The highest BCUT2D eigenvalue weighted by Crippen LogP contribution is 2.50. The van der Waals surface area contributed by atoms with Gasteiger partial charge in [-0.05, 0) is 125 Å². The van der Waals surface area contributed by atoms with Crippen molar-refractivity contribution in [2.24, 2.45) is 40.9 Å². The first kappa shape index (κ1) is 87.8. The lowest BCUT2D eigenvalue weighted by atomic mass is 9.58. The second-order valence-electron chi connectivity index (χ2n) is 33.4. The van der Waals surface area contributed by atoms with E-state index in [-0.39, 0.29) is 89.3 Å². The zero-order valence-corrected chi connectivity index (χ0v) is 66.1. The third-order valence-corrected chi connectivity index (χ3v) is 23.7. The molecule has 6 fully saturated rings. The third kappa shape index (κ3) is 21.6. The highest BCUT2D eigenvalue weighted by atomic mass is 19.4. The number of ether oxygens (including phenoxy) is 1. The first-order chi connectivity index (χ1) is 50.7. The van der Waals surface area contributed by atoms with Gasteiger partial charge in [0.1, 0.15) is 78.7 Å². The minimum Gasteiger partial charge on any atom is -0.377 e. The SMILES string of the molecule is C#CCN1CC(=O)N(C)[C@H]2C/C=C\CCN(C2=O)[C@@H](CC2CCC(C)CC2)C(=O)N(C)CC(=O)N[C@@H](CCC2CC(F)C(C(F)(F)F)C(F)C2)C(=O)N2C[C@H](OCC)C[C@H]2C(=O)NC2(CC(C)(C)C2)C(=O)N(C)[C@@H](C2CCCC2)C(=O)N(C)[C@H](C(=O)N(C)C)CC(=O)N(C)[C@@H](CCC)C(=O)N[C@@H](CC(C)C)C1=O. The highest BCUT2D eigenvalue weighted by molar-refractivity contribution is 6.01. The summed E-state index contributed by atoms with van der Waals surface area (Å²) in [6, 6.07) is -10.9. The standard InChI is InChI=1S/C78H121F5N12O13/c1-16-24-57-67(99)85-56(36-47(4)5)69(101)93(34-17-2)44-64(98)90(13)58-27-20-19-23-35-94(73(58)105)61(39-49-30-28-48(6)29-31-49)72(104)88(11)43-62(96)84-55(33-32-50-37-53(79)65(54(80)38-50)78(81,82)83)70(102)95-42-52(108-18-3)40-59(95)68(100)86-77(45-76(7,8)46-77)75(107)92(15)66(51-25-21-22-26-51)74(106)91(14)60(71(103)87(9)10)41-63(97)89(57)12/h2,19-20,47-61,65-66H,16,18,21-46H2,1,3-15H3,(H,84,96)(H,85,99)(H,86,100)/b20-19-/t48?,49?,50?,52-,53?,54?,55+,56+,57+,58+,59+,60+,61+,65?,66+/m1/s1. The molecule has 7 aliphatic rings. The molecule has 3 aliphatic heterocycles. The van der Waals surface area contributed by atoms with Crippen molar-refractivity contribution >= 4 is 70.9 Å². The molecule has 2 bridgehead atoms. The summed E-state index contributed by atoms with van der Waals surface area (Å²) in [4.78, 5) is 193. The number of alkyl halides is 5. The molecule has 1 spiro atoms. The molecule has 0 radical (unpaired) electrons. The Balaban J connectivity index is 1.34. The van der Waals surface area contributed by atoms with E-state index < -0.39 is 218 Å². The molecule has 2 unspecified atom stereocenters. The fraction of sp³-hybridized carbons (Fsp3) is 0.795. The number of rotatable bonds is 14. The molecular weight excluding hydrogens is 1410 g/mol. The number of nitrogens with zero attached hydrogens (tertiary/aromatic N) is 9. The molecule has 606 valence electrons. The van der Waals surface area contributed by atoms with Crippen LogP contribution in [0.15, 0.2) is 12.2 Å². The van der Waals surface area contributed by atoms with Crippen LogP contribution in [0.3, 0.4) is 0 Å². The summed E-state index contributed by atoms with van der Waals surface area (Å²) in [6.07, 6.45) is 1.79. The molecule has 30 heteroatoms. The summed E-state index contributed by atoms with van der Waals surface area (Å²) in [5, 5.41) is 8.60. The molecule has 4 aliphatic carbocycles. The summed E-state index contributed by atoms with van der Waals surface area (Å²) in [7, 11) is 9.84. The van der Waals surface area contributed by atoms with Crippen LogP contribution in [0.25, 0.3) is 0 Å². The zero-order chi connectivity index (χ0) is 80.2. The normalized spacial score (nSPS) is 31.9. The Morgan fingerprint density at radius 2 is 1.34 bits per heavy atom. The topological polar surface area (TPSA) is 279 Å². The molecular formula is C78H121F5N12O13. The lowest BCUT2D eigenvalue weighted by Crippen LogP contribution is -2.71. The van der Waals surface area contributed by atoms with E-state index in [4.69, 9.17) is 11.2 Å². The van der Waals surface area contributed by atoms with E-state index in [1.807, 2.05) is 33.8 Å². The van der Waals surface area contributed by atoms with Crippen molar-refractivity contribution in [1.82, 2.24) is 60.0 Å². The summed E-state index contributed by atoms with van der Waals surface area (Å²) in [5.41, 5.74) is -2.30. The molecule has 7 rings (SSSR count). The summed E-state index contributed by atoms with van der Waals surface area (Å²) in [5.74, 6) is -10.7. The first-order valence-electron chi connectivity index (χ1n) is 39.1. The summed E-state index contributed by atoms with van der Waals surface area (Å²) in [6.45, 7) is 11.1. The Morgan fingerprint density at radius 1 is 0.704 bits per heavy atom. The number of likely N-dealkylation sites (N-methyl/N-ethyl adjacent to an activating group) is 6. The molecule has 12 amide bonds. The second kappa shape index (κ2) is 38.0. The quantitative estimate of drug-likeness (QED) is 0.0994. The fourth-order valence-electron chi connectivity index (χ4n) is 17.9. The van der Waals surface area contributed by atoms with Gasteiger partial charge in [0.2, 0.25) is 70.9 Å². The van der Waals surface area contributed by atoms with Gasteiger partial charge in [-0.25, -0.2) is 8.78 Å². The van der Waals surface area contributed by atoms with Gasteiger partial charge in [0, 0.05) is 75.5 Å². The minimum atomic E-state index is -5.18. The van der Waals surface area contributed by atoms with Gasteiger partial charge in [-0.15, -0.1) is 6.42 Å². The number of fused-ring (bicyclic) bond motifs is 3. The number of hydrogen-bond donors (Lipinski definition) is 3. The van der Waals surface area contributed by atoms with E-state index in [9.17, 15) is 37.1 Å². The van der Waals surface area contributed by atoms with Crippen LogP contribution in [0, 0.1) is 53.3 Å². The van der Waals surface area contributed by atoms with Crippen LogP contribution in [0.4, 0.5) is 22.0 Å². The summed E-state index contributed by atoms with van der Waals surface area (Å²) < 4.78 is 79.2. The van der Waals surface area contributed by atoms with Gasteiger partial charge >= 0.3 is 6.18 Å². The Hall–Kier alpha value is -7.45. The second-order valence-corrected chi connectivity index (χ2v) is 33.4. The lowest BCUT2D eigenvalue weighted by molar-refractivity contribution is -0.219. The van der Waals surface area contributed by atoms with Crippen LogP contribution < -0.4 is 16.0 Å². The van der Waals surface area contributed by atoms with Gasteiger partial charge in [-0.1, -0.05) is 105 Å². The fourth-order valence-corrected chi connectivity index (χ4v) is 17.9. The Labute approximate surface area is 634 Å². The zero-order valence-electron chi connectivity index (χ0n) is 66.1. The Morgan fingerprint density at radius 3 is 1.92 bits per heavy atom. The predicted octanol–water partition coefficient (Wildman–Crippen LogP) is 6.20. The van der Waals surface area contributed by atoms with Crippen LogP contribution in [0.2, 0.25) is 0 Å². The van der Waals surface area contributed by atoms with Crippen molar-refractivity contribution < 1.29 is 84.2 Å². The number of amides is 12. The van der Waals surface area contributed by atoms with Gasteiger partial charge < -0.3 is 64.8 Å². The largest absolute Gasteiger partial charge is 0.397 e. The Kier molecular flexibility index (Phi) is 30.9. The first-order valence-corrected chi connectivity index (χ1v) is 39.1. The van der Waals surface area contributed by atoms with Gasteiger partial charge in [-0.3, -0.25) is 57.5 Å². The molecule has 0 aromatic rings. The van der Waals surface area contributed by atoms with Crippen LogP contribution in [-0.2, 0) is 62.3 Å². The monoisotopic (exact) mass is 1530 g/mol. The van der Waals surface area contributed by atoms with E-state index >= 15 is 42.3 Å². The van der Waals surface area contributed by atoms with E-state index in [2.05, 4.69) is 28.8 Å². The van der Waals surface area contributed by atoms with E-state index in [1.54, 1.807) is 19.9 Å². The maximum Gasteiger partial charge on any atom is 0.397 e. The van der Waals surface area contributed by atoms with Crippen molar-refractivity contribution in [3.05, 3.63) is 12.2 Å². The van der Waals surface area contributed by atoms with Gasteiger partial charge in [0.05, 0.1) is 25.6 Å². The Bertz CT molecular complexity index is 3280. The maximum absolute atomic E-state index is 15.8. The van der Waals surface area contributed by atoms with Crippen molar-refractivity contribution in [1.29, 1.82) is 0 Å². The van der Waals surface area contributed by atoms with E-state index in [1.165, 1.54) is 78.7 Å². The van der Waals surface area contributed by atoms with Crippen molar-refractivity contribution in [3.8, 4) is 12.3 Å². The maximum atomic E-state index is 15.8. The number of halogens is 5. The number of carbonyl (C=O) groups is 12.